The number of para-hydroxylation sites is 1. The van der Waals surface area contributed by atoms with E-state index in [0.717, 1.165) is 30.6 Å². The Morgan fingerprint density at radius 3 is 2.94 bits per heavy atom. The summed E-state index contributed by atoms with van der Waals surface area (Å²) in [5.41, 5.74) is 6.08. The Labute approximate surface area is 101 Å². The van der Waals surface area contributed by atoms with Crippen LogP contribution in [0, 0.1) is 0 Å². The molecule has 1 aliphatic rings. The van der Waals surface area contributed by atoms with E-state index in [4.69, 9.17) is 10.5 Å². The van der Waals surface area contributed by atoms with E-state index in [0.29, 0.717) is 0 Å². The smallest absolute Gasteiger partial charge is 0.221 e. The minimum Gasteiger partial charge on any atom is -0.486 e. The van der Waals surface area contributed by atoms with Gasteiger partial charge < -0.3 is 10.5 Å². The normalized spacial score (nSPS) is 18.9. The summed E-state index contributed by atoms with van der Waals surface area (Å²) in [4.78, 5) is 11.0. The maximum absolute atomic E-state index is 11.0. The number of ether oxygens (including phenoxy) is 1. The summed E-state index contributed by atoms with van der Waals surface area (Å²) >= 11 is 0. The van der Waals surface area contributed by atoms with Crippen molar-refractivity contribution in [2.75, 3.05) is 0 Å². The van der Waals surface area contributed by atoms with Gasteiger partial charge in [-0.1, -0.05) is 24.3 Å². The molecule has 0 aliphatic heterocycles. The van der Waals surface area contributed by atoms with Crippen LogP contribution in [0.4, 0.5) is 0 Å². The van der Waals surface area contributed by atoms with E-state index in [9.17, 15) is 4.79 Å². The number of hydrogen-bond donors (Lipinski definition) is 1. The second-order valence-electron chi connectivity index (χ2n) is 4.27. The van der Waals surface area contributed by atoms with E-state index in [1.807, 2.05) is 24.3 Å². The highest BCUT2D eigenvalue weighted by Gasteiger charge is 2.12. The Balaban J connectivity index is 2.11. The van der Waals surface area contributed by atoms with Crippen LogP contribution in [-0.4, -0.2) is 12.0 Å². The first-order chi connectivity index (χ1) is 8.25. The standard InChI is InChI=1S/C14H17NO2/c15-14(16)10-11-6-4-5-9-13(11)17-12-7-2-1-3-8-12/h2,4-7,9,12H,1,3,8,10H2,(H2,15,16). The molecule has 1 aromatic rings. The molecule has 1 amide bonds. The molecule has 0 spiro atoms. The van der Waals surface area contributed by atoms with Gasteiger partial charge >= 0.3 is 0 Å². The average molecular weight is 231 g/mol. The molecular weight excluding hydrogens is 214 g/mol. The molecule has 3 heteroatoms. The van der Waals surface area contributed by atoms with Gasteiger partial charge in [-0.3, -0.25) is 4.79 Å². The summed E-state index contributed by atoms with van der Waals surface area (Å²) in [6.07, 6.45) is 7.89. The Kier molecular flexibility index (Phi) is 3.81. The lowest BCUT2D eigenvalue weighted by atomic mass is 10.0. The van der Waals surface area contributed by atoms with E-state index in [-0.39, 0.29) is 18.4 Å². The van der Waals surface area contributed by atoms with Crippen molar-refractivity contribution in [3.8, 4) is 5.75 Å². The van der Waals surface area contributed by atoms with Gasteiger partial charge in [0.1, 0.15) is 11.9 Å². The number of allylic oxidation sites excluding steroid dienone is 1. The van der Waals surface area contributed by atoms with Crippen molar-refractivity contribution >= 4 is 5.91 Å². The van der Waals surface area contributed by atoms with Gasteiger partial charge in [0, 0.05) is 5.56 Å². The summed E-state index contributed by atoms with van der Waals surface area (Å²) < 4.78 is 5.89. The van der Waals surface area contributed by atoms with Crippen LogP contribution in [0.1, 0.15) is 24.8 Å². The number of carbonyl (C=O) groups excluding carboxylic acids is 1. The Bertz CT molecular complexity index is 426. The number of rotatable bonds is 4. The zero-order chi connectivity index (χ0) is 12.1. The molecule has 0 saturated carbocycles. The van der Waals surface area contributed by atoms with Crippen LogP contribution in [0.3, 0.4) is 0 Å². The van der Waals surface area contributed by atoms with Crippen LogP contribution in [0.15, 0.2) is 36.4 Å². The van der Waals surface area contributed by atoms with Gasteiger partial charge in [0.25, 0.3) is 0 Å². The van der Waals surface area contributed by atoms with Gasteiger partial charge in [-0.2, -0.15) is 0 Å². The fraction of sp³-hybridized carbons (Fsp3) is 0.357. The first kappa shape index (κ1) is 11.7. The zero-order valence-corrected chi connectivity index (χ0v) is 9.76. The molecule has 1 aliphatic carbocycles. The lowest BCUT2D eigenvalue weighted by molar-refractivity contribution is -0.117. The Morgan fingerprint density at radius 2 is 2.24 bits per heavy atom. The number of carbonyl (C=O) groups is 1. The van der Waals surface area contributed by atoms with Crippen molar-refractivity contribution in [3.05, 3.63) is 42.0 Å². The summed E-state index contributed by atoms with van der Waals surface area (Å²) in [7, 11) is 0. The van der Waals surface area contributed by atoms with Crippen LogP contribution in [0.5, 0.6) is 5.75 Å². The van der Waals surface area contributed by atoms with Crippen molar-refractivity contribution in [1.29, 1.82) is 0 Å². The van der Waals surface area contributed by atoms with Crippen LogP contribution >= 0.6 is 0 Å². The van der Waals surface area contributed by atoms with Gasteiger partial charge in [0.2, 0.25) is 5.91 Å². The van der Waals surface area contributed by atoms with E-state index in [1.54, 1.807) is 0 Å². The van der Waals surface area contributed by atoms with Gasteiger partial charge in [0.05, 0.1) is 6.42 Å². The predicted molar refractivity (Wildman–Crippen MR) is 66.7 cm³/mol. The molecule has 90 valence electrons. The minimum absolute atomic E-state index is 0.123. The predicted octanol–water partition coefficient (Wildman–Crippen LogP) is 2.20. The summed E-state index contributed by atoms with van der Waals surface area (Å²) in [6, 6.07) is 7.57. The first-order valence-electron chi connectivity index (χ1n) is 5.95. The monoisotopic (exact) mass is 231 g/mol. The number of hydrogen-bond acceptors (Lipinski definition) is 2. The molecule has 0 fully saturated rings. The quantitative estimate of drug-likeness (QED) is 0.808. The highest BCUT2D eigenvalue weighted by atomic mass is 16.5. The molecule has 0 aromatic heterocycles. The molecule has 1 aromatic carbocycles. The van der Waals surface area contributed by atoms with Gasteiger partial charge in [0.15, 0.2) is 0 Å². The third kappa shape index (κ3) is 3.34. The molecule has 2 N–H and O–H groups in total. The van der Waals surface area contributed by atoms with Crippen LogP contribution in [0.2, 0.25) is 0 Å². The molecule has 1 atom stereocenters. The van der Waals surface area contributed by atoms with Crippen LogP contribution in [-0.2, 0) is 11.2 Å². The highest BCUT2D eigenvalue weighted by molar-refractivity contribution is 5.77. The van der Waals surface area contributed by atoms with Crippen molar-refractivity contribution in [1.82, 2.24) is 0 Å². The molecule has 0 heterocycles. The molecule has 2 rings (SSSR count). The molecule has 17 heavy (non-hydrogen) atoms. The zero-order valence-electron chi connectivity index (χ0n) is 9.76. The largest absolute Gasteiger partial charge is 0.486 e. The summed E-state index contributed by atoms with van der Waals surface area (Å²) in [5.74, 6) is 0.433. The SMILES string of the molecule is NC(=O)Cc1ccccc1OC1C=CCCC1. The van der Waals surface area contributed by atoms with E-state index in [1.165, 1.54) is 0 Å². The van der Waals surface area contributed by atoms with Crippen molar-refractivity contribution in [2.24, 2.45) is 5.73 Å². The number of primary amides is 1. The topological polar surface area (TPSA) is 52.3 Å². The molecule has 0 bridgehead atoms. The van der Waals surface area contributed by atoms with Gasteiger partial charge in [-0.25, -0.2) is 0 Å². The summed E-state index contributed by atoms with van der Waals surface area (Å²) in [5, 5.41) is 0. The van der Waals surface area contributed by atoms with Crippen LogP contribution < -0.4 is 10.5 Å². The lowest BCUT2D eigenvalue weighted by Crippen LogP contribution is -2.18. The summed E-state index contributed by atoms with van der Waals surface area (Å²) in [6.45, 7) is 0. The third-order valence-corrected chi connectivity index (χ3v) is 2.83. The fourth-order valence-corrected chi connectivity index (χ4v) is 1.99. The van der Waals surface area contributed by atoms with Crippen LogP contribution in [0.25, 0.3) is 0 Å². The number of benzene rings is 1. The molecule has 0 saturated heterocycles. The Morgan fingerprint density at radius 1 is 1.41 bits per heavy atom. The van der Waals surface area contributed by atoms with E-state index < -0.39 is 0 Å². The van der Waals surface area contributed by atoms with Crippen molar-refractivity contribution < 1.29 is 9.53 Å². The maximum Gasteiger partial charge on any atom is 0.221 e. The van der Waals surface area contributed by atoms with Crippen molar-refractivity contribution in [3.63, 3.8) is 0 Å². The second kappa shape index (κ2) is 5.53. The minimum atomic E-state index is -0.333. The van der Waals surface area contributed by atoms with Crippen molar-refractivity contribution in [2.45, 2.75) is 31.8 Å². The second-order valence-corrected chi connectivity index (χ2v) is 4.27. The number of amides is 1. The highest BCUT2D eigenvalue weighted by Crippen LogP contribution is 2.23. The average Bonchev–Trinajstić information content (AvgIpc) is 2.32. The molecule has 3 nitrogen and oxygen atoms in total. The maximum atomic E-state index is 11.0. The van der Waals surface area contributed by atoms with Gasteiger partial charge in [-0.05, 0) is 31.4 Å². The third-order valence-electron chi connectivity index (χ3n) is 2.83. The van der Waals surface area contributed by atoms with E-state index >= 15 is 0 Å². The first-order valence-corrected chi connectivity index (χ1v) is 5.95. The lowest BCUT2D eigenvalue weighted by Gasteiger charge is -2.20. The molecular formula is C14H17NO2. The van der Waals surface area contributed by atoms with Gasteiger partial charge in [-0.15, -0.1) is 0 Å². The molecule has 0 radical (unpaired) electrons. The Hall–Kier alpha value is -1.77. The number of nitrogens with two attached hydrogens (primary N) is 1. The molecule has 1 unspecified atom stereocenters. The van der Waals surface area contributed by atoms with E-state index in [2.05, 4.69) is 12.2 Å². The fourth-order valence-electron chi connectivity index (χ4n) is 1.99.